The number of para-hydroxylation sites is 1. The maximum absolute atomic E-state index is 12.8. The van der Waals surface area contributed by atoms with E-state index in [4.69, 9.17) is 15.2 Å². The van der Waals surface area contributed by atoms with Crippen molar-refractivity contribution in [2.75, 3.05) is 41.8 Å². The zero-order valence-electron chi connectivity index (χ0n) is 17.3. The van der Waals surface area contributed by atoms with Crippen molar-refractivity contribution >= 4 is 29.1 Å². The lowest BCUT2D eigenvalue weighted by Gasteiger charge is -2.28. The first-order valence-corrected chi connectivity index (χ1v) is 10.2. The van der Waals surface area contributed by atoms with E-state index >= 15 is 0 Å². The average molecular weight is 433 g/mol. The van der Waals surface area contributed by atoms with E-state index in [1.165, 1.54) is 4.90 Å². The van der Waals surface area contributed by atoms with E-state index in [0.29, 0.717) is 49.2 Å². The highest BCUT2D eigenvalue weighted by molar-refractivity contribution is 6.05. The minimum atomic E-state index is -0.419. The van der Waals surface area contributed by atoms with E-state index in [-0.39, 0.29) is 17.5 Å². The monoisotopic (exact) mass is 433 g/mol. The average Bonchev–Trinajstić information content (AvgIpc) is 2.83. The number of urea groups is 1. The number of hydrogen-bond donors (Lipinski definition) is 3. The molecule has 0 aliphatic carbocycles. The molecule has 0 unspecified atom stereocenters. The largest absolute Gasteiger partial charge is 0.492 e. The number of amides is 3. The molecule has 0 radical (unpaired) electrons. The molecule has 1 aliphatic rings. The summed E-state index contributed by atoms with van der Waals surface area (Å²) in [6, 6.07) is 19.0. The van der Waals surface area contributed by atoms with Crippen LogP contribution in [0.25, 0.3) is 0 Å². The van der Waals surface area contributed by atoms with Crippen molar-refractivity contribution in [3.8, 4) is 11.5 Å². The topological polar surface area (TPSA) is 119 Å². The first kappa shape index (κ1) is 21.1. The van der Waals surface area contributed by atoms with Crippen molar-refractivity contribution < 1.29 is 19.1 Å². The van der Waals surface area contributed by atoms with Crippen LogP contribution in [0.3, 0.4) is 0 Å². The third kappa shape index (κ3) is 4.96. The van der Waals surface area contributed by atoms with E-state index in [2.05, 4.69) is 15.6 Å². The lowest BCUT2D eigenvalue weighted by Crippen LogP contribution is -2.41. The van der Waals surface area contributed by atoms with Gasteiger partial charge in [-0.25, -0.2) is 9.78 Å². The summed E-state index contributed by atoms with van der Waals surface area (Å²) in [5, 5.41) is 5.63. The van der Waals surface area contributed by atoms with Crippen LogP contribution in [0.4, 0.5) is 22.0 Å². The Morgan fingerprint density at radius 2 is 1.84 bits per heavy atom. The molecule has 0 spiro atoms. The molecule has 1 aliphatic heterocycles. The lowest BCUT2D eigenvalue weighted by atomic mass is 10.2. The number of aromatic nitrogens is 1. The Kier molecular flexibility index (Phi) is 6.47. The number of nitrogens with one attached hydrogen (secondary N) is 2. The highest BCUT2D eigenvalue weighted by Gasteiger charge is 2.26. The number of anilines is 3. The van der Waals surface area contributed by atoms with Crippen LogP contribution in [0.5, 0.6) is 11.5 Å². The van der Waals surface area contributed by atoms with Gasteiger partial charge in [-0.15, -0.1) is 0 Å². The van der Waals surface area contributed by atoms with Gasteiger partial charge in [0.1, 0.15) is 24.7 Å². The van der Waals surface area contributed by atoms with Crippen LogP contribution in [0, 0.1) is 0 Å². The molecule has 3 amide bonds. The molecule has 0 saturated heterocycles. The molecule has 0 bridgehead atoms. The van der Waals surface area contributed by atoms with Gasteiger partial charge in [0, 0.05) is 24.0 Å². The summed E-state index contributed by atoms with van der Waals surface area (Å²) < 4.78 is 11.1. The van der Waals surface area contributed by atoms with Crippen LogP contribution >= 0.6 is 0 Å². The molecule has 4 N–H and O–H groups in total. The molecule has 0 fully saturated rings. The second-order valence-electron chi connectivity index (χ2n) is 6.93. The predicted molar refractivity (Wildman–Crippen MR) is 121 cm³/mol. The highest BCUT2D eigenvalue weighted by atomic mass is 16.5. The lowest BCUT2D eigenvalue weighted by molar-refractivity contribution is 0.102. The fraction of sp³-hybridized carbons (Fsp3) is 0.174. The summed E-state index contributed by atoms with van der Waals surface area (Å²) in [5.74, 6) is 0.909. The fourth-order valence-corrected chi connectivity index (χ4v) is 3.17. The number of carbonyl (C=O) groups excluding carboxylic acids is 2. The Labute approximate surface area is 185 Å². The molecule has 9 heteroatoms. The van der Waals surface area contributed by atoms with Gasteiger partial charge in [-0.05, 0) is 36.4 Å². The zero-order chi connectivity index (χ0) is 22.3. The van der Waals surface area contributed by atoms with E-state index in [9.17, 15) is 9.59 Å². The van der Waals surface area contributed by atoms with Gasteiger partial charge >= 0.3 is 6.03 Å². The van der Waals surface area contributed by atoms with E-state index in [1.54, 1.807) is 48.5 Å². The van der Waals surface area contributed by atoms with Gasteiger partial charge in [0.05, 0.1) is 6.54 Å². The van der Waals surface area contributed by atoms with Crippen molar-refractivity contribution in [3.63, 3.8) is 0 Å². The minimum absolute atomic E-state index is 0.153. The number of carbonyl (C=O) groups is 2. The number of fused-ring (bicyclic) bond motifs is 1. The van der Waals surface area contributed by atoms with Crippen molar-refractivity contribution in [1.29, 1.82) is 0 Å². The van der Waals surface area contributed by atoms with Crippen LogP contribution < -0.4 is 30.7 Å². The van der Waals surface area contributed by atoms with Gasteiger partial charge in [0.2, 0.25) is 0 Å². The van der Waals surface area contributed by atoms with Crippen molar-refractivity contribution in [3.05, 3.63) is 72.4 Å². The number of rotatable bonds is 6. The second-order valence-corrected chi connectivity index (χ2v) is 6.93. The van der Waals surface area contributed by atoms with Crippen molar-refractivity contribution in [2.24, 2.45) is 5.73 Å². The number of pyridine rings is 1. The van der Waals surface area contributed by atoms with Gasteiger partial charge in [0.25, 0.3) is 5.91 Å². The van der Waals surface area contributed by atoms with Crippen LogP contribution in [-0.4, -0.2) is 43.2 Å². The van der Waals surface area contributed by atoms with Gasteiger partial charge < -0.3 is 25.8 Å². The number of nitrogens with zero attached hydrogens (tertiary/aromatic N) is 2. The Morgan fingerprint density at radius 1 is 1.03 bits per heavy atom. The number of benzene rings is 2. The maximum Gasteiger partial charge on any atom is 0.327 e. The Balaban J connectivity index is 1.51. The first-order valence-electron chi connectivity index (χ1n) is 10.2. The smallest absolute Gasteiger partial charge is 0.327 e. The summed E-state index contributed by atoms with van der Waals surface area (Å²) in [6.07, 6.45) is 0. The molecule has 9 nitrogen and oxygen atoms in total. The fourth-order valence-electron chi connectivity index (χ4n) is 3.17. The molecular formula is C23H23N5O4. The molecule has 0 saturated carbocycles. The molecule has 4 rings (SSSR count). The second kappa shape index (κ2) is 9.80. The van der Waals surface area contributed by atoms with E-state index in [1.807, 2.05) is 18.2 Å². The van der Waals surface area contributed by atoms with Crippen LogP contribution in [0.15, 0.2) is 66.7 Å². The van der Waals surface area contributed by atoms with Gasteiger partial charge in [-0.1, -0.05) is 24.3 Å². The van der Waals surface area contributed by atoms with Gasteiger partial charge in [0.15, 0.2) is 11.6 Å². The molecular weight excluding hydrogens is 410 g/mol. The quantitative estimate of drug-likeness (QED) is 0.550. The molecule has 2 aromatic carbocycles. The molecule has 0 atom stereocenters. The number of nitrogens with two attached hydrogens (primary N) is 1. The third-order valence-corrected chi connectivity index (χ3v) is 4.65. The summed E-state index contributed by atoms with van der Waals surface area (Å²) in [6.45, 7) is 1.42. The third-order valence-electron chi connectivity index (χ3n) is 4.65. The Hall–Kier alpha value is -4.11. The summed E-state index contributed by atoms with van der Waals surface area (Å²) in [4.78, 5) is 31.5. The summed E-state index contributed by atoms with van der Waals surface area (Å²) in [7, 11) is 0. The van der Waals surface area contributed by atoms with Crippen LogP contribution in [0.2, 0.25) is 0 Å². The first-order chi connectivity index (χ1) is 15.6. The number of ether oxygens (including phenoxy) is 2. The summed E-state index contributed by atoms with van der Waals surface area (Å²) >= 11 is 0. The van der Waals surface area contributed by atoms with Crippen LogP contribution in [0.1, 0.15) is 10.5 Å². The van der Waals surface area contributed by atoms with Crippen molar-refractivity contribution in [1.82, 2.24) is 4.98 Å². The van der Waals surface area contributed by atoms with Crippen molar-refractivity contribution in [2.45, 2.75) is 0 Å². The maximum atomic E-state index is 12.8. The summed E-state index contributed by atoms with van der Waals surface area (Å²) in [5.41, 5.74) is 6.83. The normalized spacial score (nSPS) is 12.3. The Bertz CT molecular complexity index is 1110. The van der Waals surface area contributed by atoms with Crippen LogP contribution in [-0.2, 0) is 0 Å². The number of hydrogen-bond acceptors (Lipinski definition) is 6. The molecule has 164 valence electrons. The van der Waals surface area contributed by atoms with Gasteiger partial charge in [-0.2, -0.15) is 0 Å². The van der Waals surface area contributed by atoms with E-state index < -0.39 is 5.91 Å². The molecule has 3 aromatic rings. The minimum Gasteiger partial charge on any atom is -0.492 e. The molecule has 32 heavy (non-hydrogen) atoms. The van der Waals surface area contributed by atoms with Gasteiger partial charge in [-0.3, -0.25) is 9.69 Å². The standard InChI is InChI=1S/C23H23N5O4/c24-11-13-31-18-8-4-7-17(15-18)25-22(29)19-9-10-20-21(27-19)28(12-14-32-20)23(30)26-16-5-2-1-3-6-16/h1-10,15H,11-14,24H2,(H,25,29)(H,26,30). The van der Waals surface area contributed by atoms with E-state index in [0.717, 1.165) is 0 Å². The molecule has 1 aromatic heterocycles. The SMILES string of the molecule is NCCOc1cccc(NC(=O)c2ccc3c(n2)N(C(=O)Nc2ccccc2)CCO3)c1. The Morgan fingerprint density at radius 3 is 2.66 bits per heavy atom. The highest BCUT2D eigenvalue weighted by Crippen LogP contribution is 2.30. The molecule has 2 heterocycles. The zero-order valence-corrected chi connectivity index (χ0v) is 17.3. The predicted octanol–water partition coefficient (Wildman–Crippen LogP) is 3.10.